The van der Waals surface area contributed by atoms with E-state index in [2.05, 4.69) is 33.3 Å². The highest BCUT2D eigenvalue weighted by Crippen LogP contribution is 2.29. The van der Waals surface area contributed by atoms with Gasteiger partial charge in [0.15, 0.2) is 9.84 Å². The molecule has 30 heavy (non-hydrogen) atoms. The summed E-state index contributed by atoms with van der Waals surface area (Å²) in [4.78, 5) is 6.83. The van der Waals surface area contributed by atoms with Gasteiger partial charge in [-0.05, 0) is 55.1 Å². The Kier molecular flexibility index (Phi) is 6.29. The summed E-state index contributed by atoms with van der Waals surface area (Å²) in [5.41, 5.74) is 4.38. The van der Waals surface area contributed by atoms with Gasteiger partial charge in [-0.15, -0.1) is 0 Å². The van der Waals surface area contributed by atoms with Crippen LogP contribution in [0.3, 0.4) is 0 Å². The van der Waals surface area contributed by atoms with E-state index in [-0.39, 0.29) is 5.75 Å². The molecule has 0 aliphatic carbocycles. The van der Waals surface area contributed by atoms with Crippen molar-refractivity contribution in [1.29, 1.82) is 0 Å². The first-order valence-corrected chi connectivity index (χ1v) is 12.4. The molecule has 0 spiro atoms. The second-order valence-electron chi connectivity index (χ2n) is 8.23. The fourth-order valence-electron chi connectivity index (χ4n) is 4.15. The first-order chi connectivity index (χ1) is 14.4. The van der Waals surface area contributed by atoms with Gasteiger partial charge in [0, 0.05) is 30.8 Å². The Morgan fingerprint density at radius 3 is 2.60 bits per heavy atom. The molecule has 0 saturated carbocycles. The van der Waals surface area contributed by atoms with Crippen LogP contribution in [0.1, 0.15) is 41.1 Å². The van der Waals surface area contributed by atoms with Crippen LogP contribution >= 0.6 is 0 Å². The van der Waals surface area contributed by atoms with E-state index in [0.717, 1.165) is 43.7 Å². The summed E-state index contributed by atoms with van der Waals surface area (Å²) >= 11 is 0. The molecule has 7 heteroatoms. The summed E-state index contributed by atoms with van der Waals surface area (Å²) in [7, 11) is -3.01. The van der Waals surface area contributed by atoms with E-state index in [1.165, 1.54) is 17.4 Å². The zero-order valence-corrected chi connectivity index (χ0v) is 18.1. The van der Waals surface area contributed by atoms with Crippen molar-refractivity contribution in [3.8, 4) is 0 Å². The van der Waals surface area contributed by atoms with Crippen LogP contribution in [0.25, 0.3) is 0 Å². The molecule has 1 fully saturated rings. The normalized spacial score (nSPS) is 16.0. The zero-order chi connectivity index (χ0) is 21.0. The Hall–Kier alpha value is -2.51. The lowest BCUT2D eigenvalue weighted by Crippen LogP contribution is -2.32. The quantitative estimate of drug-likeness (QED) is 0.582. The maximum atomic E-state index is 11.6. The fourth-order valence-corrected chi connectivity index (χ4v) is 4.94. The van der Waals surface area contributed by atoms with E-state index in [1.54, 1.807) is 6.20 Å². The van der Waals surface area contributed by atoms with Crippen molar-refractivity contribution in [3.63, 3.8) is 0 Å². The standard InChI is InChI=1S/C23H28N4O2S/c1-30(28,29)18-19-5-4-6-22(13-19)21-8-11-26(12-9-21)15-20-14-25-27(16-20)17-23-7-2-3-10-24-23/h2-7,10,13-14,16,21H,8-9,11-12,15,17-18H2,1H3. The lowest BCUT2D eigenvalue weighted by Gasteiger charge is -2.32. The van der Waals surface area contributed by atoms with Gasteiger partial charge in [0.2, 0.25) is 0 Å². The van der Waals surface area contributed by atoms with Crippen molar-refractivity contribution in [3.05, 3.63) is 83.4 Å². The molecule has 158 valence electrons. The minimum Gasteiger partial charge on any atom is -0.299 e. The summed E-state index contributed by atoms with van der Waals surface area (Å²) in [6, 6.07) is 14.0. The molecule has 6 nitrogen and oxygen atoms in total. The largest absolute Gasteiger partial charge is 0.299 e. The van der Waals surface area contributed by atoms with Crippen molar-refractivity contribution >= 4 is 9.84 Å². The molecule has 2 aromatic heterocycles. The number of benzene rings is 1. The molecule has 4 rings (SSSR count). The molecule has 3 aromatic rings. The van der Waals surface area contributed by atoms with Gasteiger partial charge < -0.3 is 0 Å². The van der Waals surface area contributed by atoms with Crippen molar-refractivity contribution in [2.24, 2.45) is 0 Å². The zero-order valence-electron chi connectivity index (χ0n) is 17.3. The van der Waals surface area contributed by atoms with Crippen LogP contribution in [0.15, 0.2) is 61.1 Å². The summed E-state index contributed by atoms with van der Waals surface area (Å²) in [6.45, 7) is 3.66. The van der Waals surface area contributed by atoms with Crippen LogP contribution in [0.2, 0.25) is 0 Å². The molecular formula is C23H28N4O2S. The molecule has 0 unspecified atom stereocenters. The Morgan fingerprint density at radius 2 is 1.87 bits per heavy atom. The third-order valence-corrected chi connectivity index (χ3v) is 6.44. The molecule has 0 N–H and O–H groups in total. The molecule has 1 aliphatic heterocycles. The summed E-state index contributed by atoms with van der Waals surface area (Å²) < 4.78 is 25.1. The van der Waals surface area contributed by atoms with Crippen molar-refractivity contribution in [2.75, 3.05) is 19.3 Å². The lowest BCUT2D eigenvalue weighted by molar-refractivity contribution is 0.204. The predicted molar refractivity (Wildman–Crippen MR) is 118 cm³/mol. The van der Waals surface area contributed by atoms with Gasteiger partial charge in [-0.25, -0.2) is 8.42 Å². The number of hydrogen-bond acceptors (Lipinski definition) is 5. The second kappa shape index (κ2) is 9.10. The Labute approximate surface area is 178 Å². The fraction of sp³-hybridized carbons (Fsp3) is 0.391. The minimum atomic E-state index is -3.01. The molecule has 3 heterocycles. The highest BCUT2D eigenvalue weighted by Gasteiger charge is 2.21. The Bertz CT molecular complexity index is 1070. The first kappa shape index (κ1) is 20.8. The van der Waals surface area contributed by atoms with Crippen LogP contribution in [-0.4, -0.2) is 47.4 Å². The first-order valence-electron chi connectivity index (χ1n) is 10.3. The number of hydrogen-bond donors (Lipinski definition) is 0. The Balaban J connectivity index is 1.31. The topological polar surface area (TPSA) is 68.1 Å². The van der Waals surface area contributed by atoms with Crippen LogP contribution < -0.4 is 0 Å². The van der Waals surface area contributed by atoms with Crippen LogP contribution in [-0.2, 0) is 28.7 Å². The summed E-state index contributed by atoms with van der Waals surface area (Å²) in [5, 5.41) is 4.48. The maximum Gasteiger partial charge on any atom is 0.151 e. The van der Waals surface area contributed by atoms with Crippen LogP contribution in [0.4, 0.5) is 0 Å². The highest BCUT2D eigenvalue weighted by atomic mass is 32.2. The SMILES string of the molecule is CS(=O)(=O)Cc1cccc(C2CCN(Cc3cnn(Cc4ccccn4)c3)CC2)c1. The maximum absolute atomic E-state index is 11.6. The number of likely N-dealkylation sites (tertiary alicyclic amines) is 1. The van der Waals surface area contributed by atoms with Crippen molar-refractivity contribution in [2.45, 2.75) is 37.6 Å². The van der Waals surface area contributed by atoms with E-state index in [9.17, 15) is 8.42 Å². The van der Waals surface area contributed by atoms with Crippen molar-refractivity contribution < 1.29 is 8.42 Å². The molecule has 0 radical (unpaired) electrons. The van der Waals surface area contributed by atoms with Gasteiger partial charge in [-0.3, -0.25) is 14.6 Å². The molecule has 1 aliphatic rings. The molecule has 1 aromatic carbocycles. The van der Waals surface area contributed by atoms with E-state index in [4.69, 9.17) is 0 Å². The van der Waals surface area contributed by atoms with Gasteiger partial charge in [-0.2, -0.15) is 5.10 Å². The van der Waals surface area contributed by atoms with Gasteiger partial charge in [-0.1, -0.05) is 30.3 Å². The second-order valence-corrected chi connectivity index (χ2v) is 10.4. The third-order valence-electron chi connectivity index (χ3n) is 5.58. The van der Waals surface area contributed by atoms with E-state index >= 15 is 0 Å². The number of sulfone groups is 1. The molecule has 1 saturated heterocycles. The van der Waals surface area contributed by atoms with E-state index in [0.29, 0.717) is 12.5 Å². The van der Waals surface area contributed by atoms with Crippen LogP contribution in [0, 0.1) is 0 Å². The van der Waals surface area contributed by atoms with Gasteiger partial charge in [0.1, 0.15) is 0 Å². The lowest BCUT2D eigenvalue weighted by atomic mass is 9.88. The molecular weight excluding hydrogens is 396 g/mol. The number of pyridine rings is 1. The summed E-state index contributed by atoms with van der Waals surface area (Å²) in [5.74, 6) is 0.606. The van der Waals surface area contributed by atoms with Crippen molar-refractivity contribution in [1.82, 2.24) is 19.7 Å². The number of rotatable bonds is 7. The monoisotopic (exact) mass is 424 g/mol. The predicted octanol–water partition coefficient (Wildman–Crippen LogP) is 3.25. The number of nitrogens with zero attached hydrogens (tertiary/aromatic N) is 4. The summed E-state index contributed by atoms with van der Waals surface area (Å²) in [6.07, 6.45) is 9.32. The van der Waals surface area contributed by atoms with E-state index in [1.807, 2.05) is 41.2 Å². The van der Waals surface area contributed by atoms with E-state index < -0.39 is 9.84 Å². The average Bonchev–Trinajstić information content (AvgIpc) is 3.15. The molecule has 0 bridgehead atoms. The van der Waals surface area contributed by atoms with Gasteiger partial charge in [0.05, 0.1) is 24.2 Å². The van der Waals surface area contributed by atoms with Crippen LogP contribution in [0.5, 0.6) is 0 Å². The number of aromatic nitrogens is 3. The molecule has 0 amide bonds. The highest BCUT2D eigenvalue weighted by molar-refractivity contribution is 7.89. The van der Waals surface area contributed by atoms with Gasteiger partial charge in [0.25, 0.3) is 0 Å². The smallest absolute Gasteiger partial charge is 0.151 e. The number of piperidine rings is 1. The van der Waals surface area contributed by atoms with Gasteiger partial charge >= 0.3 is 0 Å². The minimum absolute atomic E-state index is 0.113. The third kappa shape index (κ3) is 5.77. The molecule has 0 atom stereocenters. The average molecular weight is 425 g/mol. The Morgan fingerprint density at radius 1 is 1.03 bits per heavy atom.